The van der Waals surface area contributed by atoms with Crippen LogP contribution >= 0.6 is 0 Å². The molecule has 1 amide bonds. The lowest BCUT2D eigenvalue weighted by molar-refractivity contribution is 0.0948. The molecule has 0 fully saturated rings. The molecule has 2 aromatic heterocycles. The maximum absolute atomic E-state index is 11.3. The zero-order valence-electron chi connectivity index (χ0n) is 8.68. The summed E-state index contributed by atoms with van der Waals surface area (Å²) in [7, 11) is 0. The molecular weight excluding hydrogens is 222 g/mol. The van der Waals surface area contributed by atoms with Gasteiger partial charge in [-0.05, 0) is 6.07 Å². The van der Waals surface area contributed by atoms with Gasteiger partial charge in [0.05, 0.1) is 18.1 Å². The van der Waals surface area contributed by atoms with Gasteiger partial charge in [-0.25, -0.2) is 10.8 Å². The lowest BCUT2D eigenvalue weighted by Crippen LogP contribution is -2.30. The number of aromatic amines is 1. The van der Waals surface area contributed by atoms with Gasteiger partial charge >= 0.3 is 0 Å². The van der Waals surface area contributed by atoms with E-state index in [1.807, 2.05) is 5.43 Å². The second-order valence-electron chi connectivity index (χ2n) is 3.20. The van der Waals surface area contributed by atoms with E-state index in [9.17, 15) is 9.59 Å². The van der Waals surface area contributed by atoms with Gasteiger partial charge in [-0.2, -0.15) is 0 Å². The fraction of sp³-hybridized carbons (Fsp3) is 0. The fourth-order valence-corrected chi connectivity index (χ4v) is 1.26. The molecule has 7 heteroatoms. The van der Waals surface area contributed by atoms with Crippen LogP contribution in [-0.4, -0.2) is 20.9 Å². The molecule has 0 unspecified atom stereocenters. The number of rotatable bonds is 2. The van der Waals surface area contributed by atoms with Crippen molar-refractivity contribution in [1.82, 2.24) is 20.4 Å². The summed E-state index contributed by atoms with van der Waals surface area (Å²) in [6, 6.07) is 2.96. The monoisotopic (exact) mass is 231 g/mol. The first-order valence-electron chi connectivity index (χ1n) is 4.73. The van der Waals surface area contributed by atoms with E-state index >= 15 is 0 Å². The van der Waals surface area contributed by atoms with E-state index in [0.717, 1.165) is 0 Å². The maximum atomic E-state index is 11.3. The van der Waals surface area contributed by atoms with Crippen molar-refractivity contribution in [3.63, 3.8) is 0 Å². The van der Waals surface area contributed by atoms with Gasteiger partial charge in [0.2, 0.25) is 5.56 Å². The highest BCUT2D eigenvalue weighted by atomic mass is 16.2. The second kappa shape index (κ2) is 4.54. The smallest absolute Gasteiger partial charge is 0.285 e. The number of aromatic nitrogens is 3. The van der Waals surface area contributed by atoms with Gasteiger partial charge in [0.15, 0.2) is 0 Å². The Morgan fingerprint density at radius 1 is 1.35 bits per heavy atom. The first-order chi connectivity index (χ1) is 8.20. The molecule has 4 N–H and O–H groups in total. The van der Waals surface area contributed by atoms with E-state index in [1.165, 1.54) is 24.7 Å². The van der Waals surface area contributed by atoms with Crippen LogP contribution < -0.4 is 16.8 Å². The van der Waals surface area contributed by atoms with Crippen molar-refractivity contribution >= 4 is 5.91 Å². The second-order valence-corrected chi connectivity index (χ2v) is 3.20. The van der Waals surface area contributed by atoms with E-state index < -0.39 is 5.91 Å². The number of hydrazine groups is 1. The molecule has 0 aliphatic heterocycles. The van der Waals surface area contributed by atoms with Crippen LogP contribution in [0, 0.1) is 0 Å². The van der Waals surface area contributed by atoms with Gasteiger partial charge in [-0.15, -0.1) is 0 Å². The highest BCUT2D eigenvalue weighted by molar-refractivity contribution is 5.91. The molecule has 0 saturated heterocycles. The summed E-state index contributed by atoms with van der Waals surface area (Å²) in [6.07, 6.45) is 4.29. The molecule has 2 aromatic rings. The number of carbonyl (C=O) groups excluding carboxylic acids is 1. The summed E-state index contributed by atoms with van der Waals surface area (Å²) < 4.78 is 0. The van der Waals surface area contributed by atoms with Crippen molar-refractivity contribution in [3.8, 4) is 11.3 Å². The summed E-state index contributed by atoms with van der Waals surface area (Å²) in [5, 5.41) is 0. The first kappa shape index (κ1) is 11.0. The number of nitrogens with two attached hydrogens (primary N) is 1. The molecule has 0 atom stereocenters. The topological polar surface area (TPSA) is 114 Å². The Balaban J connectivity index is 2.42. The lowest BCUT2D eigenvalue weighted by atomic mass is 10.2. The minimum atomic E-state index is -0.524. The van der Waals surface area contributed by atoms with Crippen LogP contribution in [0.5, 0.6) is 0 Å². The summed E-state index contributed by atoms with van der Waals surface area (Å²) in [6.45, 7) is 0. The predicted octanol–water partition coefficient (Wildman–Crippen LogP) is -0.565. The van der Waals surface area contributed by atoms with Crippen molar-refractivity contribution in [3.05, 3.63) is 46.8 Å². The van der Waals surface area contributed by atoms with E-state index in [2.05, 4.69) is 15.0 Å². The van der Waals surface area contributed by atoms with E-state index in [4.69, 9.17) is 5.84 Å². The van der Waals surface area contributed by atoms with Crippen LogP contribution in [0.3, 0.4) is 0 Å². The van der Waals surface area contributed by atoms with E-state index in [0.29, 0.717) is 11.3 Å². The quantitative estimate of drug-likeness (QED) is 0.364. The zero-order valence-corrected chi connectivity index (χ0v) is 8.68. The Kier molecular flexibility index (Phi) is 2.93. The fourth-order valence-electron chi connectivity index (χ4n) is 1.26. The van der Waals surface area contributed by atoms with Gasteiger partial charge < -0.3 is 4.98 Å². The average Bonchev–Trinajstić information content (AvgIpc) is 2.39. The van der Waals surface area contributed by atoms with Crippen molar-refractivity contribution in [2.75, 3.05) is 0 Å². The number of hydrogen-bond donors (Lipinski definition) is 3. The van der Waals surface area contributed by atoms with E-state index in [1.54, 1.807) is 6.07 Å². The Hall–Kier alpha value is -2.54. The molecule has 2 rings (SSSR count). The van der Waals surface area contributed by atoms with E-state index in [-0.39, 0.29) is 11.3 Å². The number of nitrogens with zero attached hydrogens (tertiary/aromatic N) is 2. The van der Waals surface area contributed by atoms with Crippen LogP contribution in [-0.2, 0) is 0 Å². The largest absolute Gasteiger partial charge is 0.328 e. The highest BCUT2D eigenvalue weighted by Gasteiger charge is 2.07. The minimum Gasteiger partial charge on any atom is -0.328 e. The Bertz CT molecular complexity index is 587. The van der Waals surface area contributed by atoms with Crippen LogP contribution in [0.2, 0.25) is 0 Å². The predicted molar refractivity (Wildman–Crippen MR) is 59.7 cm³/mol. The SMILES string of the molecule is NNC(=O)c1cncc(-c2ccc(=O)[nH]c2)n1. The number of hydrogen-bond acceptors (Lipinski definition) is 5. The molecule has 0 aromatic carbocycles. The Labute approximate surface area is 95.7 Å². The summed E-state index contributed by atoms with van der Waals surface area (Å²) in [5.74, 6) is 4.47. The van der Waals surface area contributed by atoms with Crippen LogP contribution in [0.4, 0.5) is 0 Å². The maximum Gasteiger partial charge on any atom is 0.285 e. The van der Waals surface area contributed by atoms with Crippen molar-refractivity contribution < 1.29 is 4.79 Å². The first-order valence-corrected chi connectivity index (χ1v) is 4.73. The molecule has 0 spiro atoms. The number of amides is 1. The molecule has 86 valence electrons. The molecule has 17 heavy (non-hydrogen) atoms. The number of carbonyl (C=O) groups is 1. The zero-order chi connectivity index (χ0) is 12.3. The van der Waals surface area contributed by atoms with Crippen LogP contribution in [0.1, 0.15) is 10.5 Å². The van der Waals surface area contributed by atoms with Gasteiger partial charge in [-0.1, -0.05) is 0 Å². The molecule has 0 aliphatic rings. The van der Waals surface area contributed by atoms with Gasteiger partial charge in [0.25, 0.3) is 5.91 Å². The molecule has 2 heterocycles. The Morgan fingerprint density at radius 2 is 2.18 bits per heavy atom. The third-order valence-electron chi connectivity index (χ3n) is 2.08. The molecule has 0 bridgehead atoms. The molecule has 7 nitrogen and oxygen atoms in total. The third kappa shape index (κ3) is 2.34. The average molecular weight is 231 g/mol. The third-order valence-corrected chi connectivity index (χ3v) is 2.08. The van der Waals surface area contributed by atoms with Gasteiger partial charge in [0, 0.05) is 17.8 Å². The summed E-state index contributed by atoms with van der Waals surface area (Å²) in [4.78, 5) is 32.6. The standard InChI is InChI=1S/C10H9N5O2/c11-15-10(17)8-5-12-4-7(14-8)6-1-2-9(16)13-3-6/h1-5H,11H2,(H,13,16)(H,15,17). The van der Waals surface area contributed by atoms with Crippen LogP contribution in [0.15, 0.2) is 35.5 Å². The van der Waals surface area contributed by atoms with Crippen LogP contribution in [0.25, 0.3) is 11.3 Å². The summed E-state index contributed by atoms with van der Waals surface area (Å²) in [5.41, 5.74) is 3.00. The van der Waals surface area contributed by atoms with Crippen molar-refractivity contribution in [1.29, 1.82) is 0 Å². The number of nitrogen functional groups attached to an aromatic ring is 1. The van der Waals surface area contributed by atoms with Gasteiger partial charge in [-0.3, -0.25) is 20.0 Å². The Morgan fingerprint density at radius 3 is 2.82 bits per heavy atom. The number of H-pyrrole nitrogens is 1. The van der Waals surface area contributed by atoms with Crippen molar-refractivity contribution in [2.45, 2.75) is 0 Å². The minimum absolute atomic E-state index is 0.108. The molecular formula is C10H9N5O2. The molecule has 0 aliphatic carbocycles. The normalized spacial score (nSPS) is 9.94. The summed E-state index contributed by atoms with van der Waals surface area (Å²) >= 11 is 0. The van der Waals surface area contributed by atoms with Gasteiger partial charge in [0.1, 0.15) is 5.69 Å². The molecule has 0 saturated carbocycles. The highest BCUT2D eigenvalue weighted by Crippen LogP contribution is 2.12. The number of nitrogens with one attached hydrogen (secondary N) is 2. The number of pyridine rings is 1. The molecule has 0 radical (unpaired) electrons. The van der Waals surface area contributed by atoms with Crippen molar-refractivity contribution in [2.24, 2.45) is 5.84 Å². The lowest BCUT2D eigenvalue weighted by Gasteiger charge is -2.02.